The van der Waals surface area contributed by atoms with Crippen LogP contribution >= 0.6 is 0 Å². The molecule has 0 saturated heterocycles. The van der Waals surface area contributed by atoms with Gasteiger partial charge in [-0.25, -0.2) is 4.98 Å². The van der Waals surface area contributed by atoms with E-state index in [0.717, 1.165) is 0 Å². The maximum absolute atomic E-state index is 11.8. The number of anilines is 1. The van der Waals surface area contributed by atoms with Gasteiger partial charge in [-0.2, -0.15) is 0 Å². The molecular formula is C13H21N3O2. The summed E-state index contributed by atoms with van der Waals surface area (Å²) < 4.78 is 5.17. The fourth-order valence-electron chi connectivity index (χ4n) is 1.39. The Morgan fingerprint density at radius 2 is 2.17 bits per heavy atom. The van der Waals surface area contributed by atoms with Gasteiger partial charge in [0.05, 0.1) is 7.11 Å². The lowest BCUT2D eigenvalue weighted by Gasteiger charge is -2.17. The molecule has 1 rings (SSSR count). The first-order chi connectivity index (χ1) is 8.54. The summed E-state index contributed by atoms with van der Waals surface area (Å²) in [4.78, 5) is 16.0. The molecule has 18 heavy (non-hydrogen) atoms. The number of rotatable bonds is 6. The average Bonchev–Trinajstić information content (AvgIpc) is 2.36. The number of hydrogen-bond acceptors (Lipinski definition) is 4. The molecule has 100 valence electrons. The Bertz CT molecular complexity index is 394. The van der Waals surface area contributed by atoms with Crippen molar-refractivity contribution in [3.05, 3.63) is 18.3 Å². The van der Waals surface area contributed by atoms with E-state index < -0.39 is 0 Å². The van der Waals surface area contributed by atoms with Crippen molar-refractivity contribution in [1.29, 1.82) is 0 Å². The lowest BCUT2D eigenvalue weighted by Crippen LogP contribution is -2.39. The Labute approximate surface area is 108 Å². The molecule has 5 heteroatoms. The largest absolute Gasteiger partial charge is 0.493 e. The van der Waals surface area contributed by atoms with Crippen LogP contribution in [0.3, 0.4) is 0 Å². The minimum absolute atomic E-state index is 0.0450. The summed E-state index contributed by atoms with van der Waals surface area (Å²) in [6.07, 6.45) is 1.66. The lowest BCUT2D eigenvalue weighted by atomic mass is 10.2. The molecule has 1 atom stereocenters. The number of carbonyl (C=O) groups excluding carboxylic acids is 1. The summed E-state index contributed by atoms with van der Waals surface area (Å²) in [5, 5.41) is 5.91. The molecule has 0 spiro atoms. The van der Waals surface area contributed by atoms with Gasteiger partial charge in [-0.05, 0) is 25.0 Å². The van der Waals surface area contributed by atoms with Gasteiger partial charge in [0.25, 0.3) is 0 Å². The summed E-state index contributed by atoms with van der Waals surface area (Å²) in [6.45, 7) is 6.58. The first-order valence-corrected chi connectivity index (χ1v) is 6.07. The van der Waals surface area contributed by atoms with Gasteiger partial charge in [-0.1, -0.05) is 13.8 Å². The zero-order chi connectivity index (χ0) is 13.5. The SMILES string of the molecule is COc1cccnc1NC(C)C(=O)NCC(C)C. The molecule has 0 radical (unpaired) electrons. The fourth-order valence-corrected chi connectivity index (χ4v) is 1.39. The number of carbonyl (C=O) groups is 1. The number of amides is 1. The van der Waals surface area contributed by atoms with Crippen LogP contribution in [0.4, 0.5) is 5.82 Å². The van der Waals surface area contributed by atoms with E-state index in [9.17, 15) is 4.79 Å². The molecule has 0 aromatic carbocycles. The second-order valence-electron chi connectivity index (χ2n) is 4.56. The fraction of sp³-hybridized carbons (Fsp3) is 0.538. The molecule has 0 fully saturated rings. The highest BCUT2D eigenvalue weighted by atomic mass is 16.5. The summed E-state index contributed by atoms with van der Waals surface area (Å²) in [5.74, 6) is 1.59. The van der Waals surface area contributed by atoms with Crippen LogP contribution in [0.2, 0.25) is 0 Å². The van der Waals surface area contributed by atoms with Crippen molar-refractivity contribution in [2.24, 2.45) is 5.92 Å². The van der Waals surface area contributed by atoms with E-state index in [0.29, 0.717) is 24.0 Å². The molecule has 0 aliphatic carbocycles. The third-order valence-electron chi connectivity index (χ3n) is 2.42. The normalized spacial score (nSPS) is 12.1. The van der Waals surface area contributed by atoms with E-state index >= 15 is 0 Å². The third-order valence-corrected chi connectivity index (χ3v) is 2.42. The molecular weight excluding hydrogens is 230 g/mol. The minimum Gasteiger partial charge on any atom is -0.493 e. The van der Waals surface area contributed by atoms with Gasteiger partial charge in [0, 0.05) is 12.7 Å². The second kappa shape index (κ2) is 6.83. The Hall–Kier alpha value is -1.78. The quantitative estimate of drug-likeness (QED) is 0.807. The lowest BCUT2D eigenvalue weighted by molar-refractivity contribution is -0.121. The van der Waals surface area contributed by atoms with E-state index in [1.54, 1.807) is 32.4 Å². The predicted octanol–water partition coefficient (Wildman–Crippen LogP) is 1.66. The number of ether oxygens (including phenoxy) is 1. The second-order valence-corrected chi connectivity index (χ2v) is 4.56. The molecule has 1 aromatic rings. The van der Waals surface area contributed by atoms with E-state index in [4.69, 9.17) is 4.74 Å². The number of aromatic nitrogens is 1. The van der Waals surface area contributed by atoms with Crippen molar-refractivity contribution in [2.75, 3.05) is 19.0 Å². The van der Waals surface area contributed by atoms with Gasteiger partial charge in [0.1, 0.15) is 6.04 Å². The summed E-state index contributed by atoms with van der Waals surface area (Å²) in [7, 11) is 1.58. The summed E-state index contributed by atoms with van der Waals surface area (Å²) in [5.41, 5.74) is 0. The maximum Gasteiger partial charge on any atom is 0.242 e. The molecule has 2 N–H and O–H groups in total. The smallest absolute Gasteiger partial charge is 0.242 e. The van der Waals surface area contributed by atoms with E-state index in [1.165, 1.54) is 0 Å². The standard InChI is InChI=1S/C13H21N3O2/c1-9(2)8-15-13(17)10(3)16-12-11(18-4)6-5-7-14-12/h5-7,9-10H,8H2,1-4H3,(H,14,16)(H,15,17). The van der Waals surface area contributed by atoms with E-state index in [1.807, 2.05) is 0 Å². The van der Waals surface area contributed by atoms with Crippen LogP contribution in [0.15, 0.2) is 18.3 Å². The van der Waals surface area contributed by atoms with Gasteiger partial charge < -0.3 is 15.4 Å². The van der Waals surface area contributed by atoms with E-state index in [-0.39, 0.29) is 11.9 Å². The van der Waals surface area contributed by atoms with Crippen LogP contribution in [-0.4, -0.2) is 30.6 Å². The molecule has 1 aromatic heterocycles. The molecule has 1 amide bonds. The van der Waals surface area contributed by atoms with Gasteiger partial charge in [-0.3, -0.25) is 4.79 Å². The third kappa shape index (κ3) is 4.24. The Morgan fingerprint density at radius 1 is 1.44 bits per heavy atom. The van der Waals surface area contributed by atoms with Crippen molar-refractivity contribution in [3.63, 3.8) is 0 Å². The van der Waals surface area contributed by atoms with Crippen LogP contribution in [0.1, 0.15) is 20.8 Å². The molecule has 0 bridgehead atoms. The highest BCUT2D eigenvalue weighted by molar-refractivity contribution is 5.84. The molecule has 1 unspecified atom stereocenters. The monoisotopic (exact) mass is 251 g/mol. The first kappa shape index (κ1) is 14.3. The van der Waals surface area contributed by atoms with Gasteiger partial charge in [0.2, 0.25) is 5.91 Å². The highest BCUT2D eigenvalue weighted by Gasteiger charge is 2.14. The first-order valence-electron chi connectivity index (χ1n) is 6.07. The predicted molar refractivity (Wildman–Crippen MR) is 71.7 cm³/mol. The van der Waals surface area contributed by atoms with Crippen LogP contribution in [0, 0.1) is 5.92 Å². The minimum atomic E-state index is -0.354. The molecule has 5 nitrogen and oxygen atoms in total. The Morgan fingerprint density at radius 3 is 2.78 bits per heavy atom. The Kier molecular flexibility index (Phi) is 5.42. The maximum atomic E-state index is 11.8. The number of methoxy groups -OCH3 is 1. The van der Waals surface area contributed by atoms with Crippen LogP contribution in [0.25, 0.3) is 0 Å². The Balaban J connectivity index is 2.58. The molecule has 0 saturated carbocycles. The highest BCUT2D eigenvalue weighted by Crippen LogP contribution is 2.20. The van der Waals surface area contributed by atoms with Gasteiger partial charge >= 0.3 is 0 Å². The van der Waals surface area contributed by atoms with Gasteiger partial charge in [0.15, 0.2) is 11.6 Å². The zero-order valence-electron chi connectivity index (χ0n) is 11.4. The molecule has 0 aliphatic heterocycles. The molecule has 0 aliphatic rings. The molecule has 1 heterocycles. The number of nitrogens with one attached hydrogen (secondary N) is 2. The van der Waals surface area contributed by atoms with Crippen LogP contribution in [-0.2, 0) is 4.79 Å². The summed E-state index contributed by atoms with van der Waals surface area (Å²) >= 11 is 0. The van der Waals surface area contributed by atoms with Gasteiger partial charge in [-0.15, -0.1) is 0 Å². The van der Waals surface area contributed by atoms with Crippen molar-refractivity contribution < 1.29 is 9.53 Å². The average molecular weight is 251 g/mol. The van der Waals surface area contributed by atoms with Crippen LogP contribution < -0.4 is 15.4 Å². The zero-order valence-corrected chi connectivity index (χ0v) is 11.4. The number of hydrogen-bond donors (Lipinski definition) is 2. The van der Waals surface area contributed by atoms with Crippen molar-refractivity contribution >= 4 is 11.7 Å². The van der Waals surface area contributed by atoms with Crippen molar-refractivity contribution in [1.82, 2.24) is 10.3 Å². The number of pyridine rings is 1. The van der Waals surface area contributed by atoms with Crippen LogP contribution in [0.5, 0.6) is 5.75 Å². The topological polar surface area (TPSA) is 63.2 Å². The summed E-state index contributed by atoms with van der Waals surface area (Å²) in [6, 6.07) is 3.23. The van der Waals surface area contributed by atoms with Crippen molar-refractivity contribution in [2.45, 2.75) is 26.8 Å². The van der Waals surface area contributed by atoms with Crippen molar-refractivity contribution in [3.8, 4) is 5.75 Å². The number of nitrogens with zero attached hydrogens (tertiary/aromatic N) is 1. The van der Waals surface area contributed by atoms with E-state index in [2.05, 4.69) is 29.5 Å².